The monoisotopic (exact) mass is 384 g/mol. The zero-order valence-electron chi connectivity index (χ0n) is 18.6. The zero-order chi connectivity index (χ0) is 19.7. The van der Waals surface area contributed by atoms with E-state index in [0.717, 1.165) is 19.3 Å². The predicted molar refractivity (Wildman–Crippen MR) is 114 cm³/mol. The van der Waals surface area contributed by atoms with Crippen LogP contribution in [0.15, 0.2) is 11.6 Å². The molecule has 1 rings (SSSR count). The summed E-state index contributed by atoms with van der Waals surface area (Å²) in [6.07, 6.45) is 10.9. The molecular weight excluding hydrogens is 340 g/mol. The number of hydrogen-bond donors (Lipinski definition) is 0. The molecule has 0 aliphatic heterocycles. The summed E-state index contributed by atoms with van der Waals surface area (Å²) in [5.41, 5.74) is 3.50. The first-order chi connectivity index (χ1) is 12.3. The smallest absolute Gasteiger partial charge is 0.201 e. The predicted octanol–water partition coefficient (Wildman–Crippen LogP) is 6.84. The Hall–Kier alpha value is -0.163. The molecule has 0 saturated heterocycles. The molecule has 0 aromatic rings. The minimum absolute atomic E-state index is 0.0744. The van der Waals surface area contributed by atoms with E-state index in [9.17, 15) is 0 Å². The van der Waals surface area contributed by atoms with Gasteiger partial charge in [0.2, 0.25) is 8.32 Å². The fourth-order valence-electron chi connectivity index (χ4n) is 4.93. The molecule has 0 aromatic heterocycles. The maximum absolute atomic E-state index is 7.12. The van der Waals surface area contributed by atoms with Crippen molar-refractivity contribution in [2.75, 3.05) is 14.2 Å². The van der Waals surface area contributed by atoms with Crippen LogP contribution in [0.3, 0.4) is 0 Å². The minimum Gasteiger partial charge on any atom is -0.409 e. The van der Waals surface area contributed by atoms with Crippen LogP contribution in [0, 0.1) is 0 Å². The van der Waals surface area contributed by atoms with Crippen molar-refractivity contribution < 1.29 is 13.9 Å². The van der Waals surface area contributed by atoms with Crippen LogP contribution in [0.4, 0.5) is 0 Å². The van der Waals surface area contributed by atoms with Crippen molar-refractivity contribution in [2.45, 2.75) is 116 Å². The average Bonchev–Trinajstić information content (AvgIpc) is 2.59. The lowest BCUT2D eigenvalue weighted by Gasteiger charge is -2.46. The van der Waals surface area contributed by atoms with Gasteiger partial charge < -0.3 is 13.9 Å². The molecule has 0 bridgehead atoms. The van der Waals surface area contributed by atoms with Gasteiger partial charge in [0.25, 0.3) is 0 Å². The third-order valence-corrected chi connectivity index (χ3v) is 12.3. The summed E-state index contributed by atoms with van der Waals surface area (Å²) in [7, 11) is 1.61. The standard InChI is InChI=1S/C22H44O3Si/c1-17(2)26(18(3)4,19(5)6)25-21-15-11-9-13-20(21)14-10-12-16-22(23-7)24-8/h14,17-19,21-22H,9-13,15-16H2,1-8H3/b20-14-. The molecule has 26 heavy (non-hydrogen) atoms. The Balaban J connectivity index is 2.82. The molecule has 1 saturated carbocycles. The van der Waals surface area contributed by atoms with Gasteiger partial charge >= 0.3 is 0 Å². The lowest BCUT2D eigenvalue weighted by Crippen LogP contribution is -2.50. The molecule has 154 valence electrons. The Morgan fingerprint density at radius 2 is 1.54 bits per heavy atom. The summed E-state index contributed by atoms with van der Waals surface area (Å²) in [6, 6.07) is 0. The summed E-state index contributed by atoms with van der Waals surface area (Å²) in [4.78, 5) is 0. The van der Waals surface area contributed by atoms with Crippen LogP contribution in [0.25, 0.3) is 0 Å². The van der Waals surface area contributed by atoms with Crippen molar-refractivity contribution in [1.82, 2.24) is 0 Å². The third kappa shape index (κ3) is 6.18. The van der Waals surface area contributed by atoms with Crippen LogP contribution in [-0.2, 0) is 13.9 Å². The highest BCUT2D eigenvalue weighted by Gasteiger charge is 2.47. The van der Waals surface area contributed by atoms with E-state index < -0.39 is 8.32 Å². The van der Waals surface area contributed by atoms with Crippen LogP contribution in [-0.4, -0.2) is 34.9 Å². The van der Waals surface area contributed by atoms with Gasteiger partial charge in [-0.25, -0.2) is 0 Å². The van der Waals surface area contributed by atoms with Crippen LogP contribution in [0.5, 0.6) is 0 Å². The first kappa shape index (κ1) is 23.9. The Morgan fingerprint density at radius 1 is 0.962 bits per heavy atom. The first-order valence-electron chi connectivity index (χ1n) is 10.7. The first-order valence-corrected chi connectivity index (χ1v) is 12.9. The van der Waals surface area contributed by atoms with E-state index in [1.165, 1.54) is 25.7 Å². The quantitative estimate of drug-likeness (QED) is 0.169. The fourth-order valence-corrected chi connectivity index (χ4v) is 10.5. The molecule has 0 aromatic carbocycles. The van der Waals surface area contributed by atoms with E-state index in [4.69, 9.17) is 13.9 Å². The fraction of sp³-hybridized carbons (Fsp3) is 0.909. The summed E-state index contributed by atoms with van der Waals surface area (Å²) in [6.45, 7) is 14.3. The van der Waals surface area contributed by atoms with Gasteiger partial charge in [-0.3, -0.25) is 0 Å². The Morgan fingerprint density at radius 3 is 2.04 bits per heavy atom. The summed E-state index contributed by atoms with van der Waals surface area (Å²) in [5.74, 6) is 0. The number of methoxy groups -OCH3 is 2. The normalized spacial score (nSPS) is 20.9. The lowest BCUT2D eigenvalue weighted by atomic mass is 9.91. The van der Waals surface area contributed by atoms with E-state index in [1.807, 2.05) is 0 Å². The van der Waals surface area contributed by atoms with Crippen LogP contribution in [0.1, 0.15) is 86.5 Å². The van der Waals surface area contributed by atoms with Crippen LogP contribution < -0.4 is 0 Å². The van der Waals surface area contributed by atoms with E-state index in [1.54, 1.807) is 19.8 Å². The average molecular weight is 385 g/mol. The summed E-state index contributed by atoms with van der Waals surface area (Å²) < 4.78 is 17.7. The van der Waals surface area contributed by atoms with Crippen molar-refractivity contribution in [3.05, 3.63) is 11.6 Å². The summed E-state index contributed by atoms with van der Waals surface area (Å²) in [5, 5.41) is 0. The van der Waals surface area contributed by atoms with Gasteiger partial charge in [-0.1, -0.05) is 54.0 Å². The highest BCUT2D eigenvalue weighted by atomic mass is 28.4. The van der Waals surface area contributed by atoms with E-state index >= 15 is 0 Å². The van der Waals surface area contributed by atoms with Gasteiger partial charge in [0, 0.05) is 14.2 Å². The van der Waals surface area contributed by atoms with Crippen LogP contribution >= 0.6 is 0 Å². The van der Waals surface area contributed by atoms with Gasteiger partial charge in [0.05, 0.1) is 6.10 Å². The molecule has 1 atom stereocenters. The molecule has 1 aliphatic rings. The van der Waals surface area contributed by atoms with Crippen LogP contribution in [0.2, 0.25) is 16.6 Å². The topological polar surface area (TPSA) is 27.7 Å². The second-order valence-corrected chi connectivity index (χ2v) is 14.2. The lowest BCUT2D eigenvalue weighted by molar-refractivity contribution is -0.106. The van der Waals surface area contributed by atoms with Crippen molar-refractivity contribution in [2.24, 2.45) is 0 Å². The maximum atomic E-state index is 7.12. The number of ether oxygens (including phenoxy) is 2. The second-order valence-electron chi connectivity index (χ2n) is 8.78. The van der Waals surface area contributed by atoms with Gasteiger partial charge in [-0.2, -0.15) is 0 Å². The largest absolute Gasteiger partial charge is 0.409 e. The SMILES string of the molecule is COC(CCC/C=C1/CCCCC1O[Si](C(C)C)(C(C)C)C(C)C)OC. The molecule has 4 heteroatoms. The van der Waals surface area contributed by atoms with E-state index in [2.05, 4.69) is 47.6 Å². The maximum Gasteiger partial charge on any atom is 0.201 e. The number of rotatable bonds is 11. The van der Waals surface area contributed by atoms with E-state index in [-0.39, 0.29) is 6.29 Å². The Labute approximate surface area is 164 Å². The molecule has 3 nitrogen and oxygen atoms in total. The van der Waals surface area contributed by atoms with Gasteiger partial charge in [0.1, 0.15) is 0 Å². The number of hydrogen-bond acceptors (Lipinski definition) is 3. The molecule has 0 N–H and O–H groups in total. The third-order valence-electron chi connectivity index (χ3n) is 6.23. The van der Waals surface area contributed by atoms with Gasteiger partial charge in [0.15, 0.2) is 6.29 Å². The molecule has 1 unspecified atom stereocenters. The van der Waals surface area contributed by atoms with Gasteiger partial charge in [-0.15, -0.1) is 0 Å². The molecule has 0 amide bonds. The number of allylic oxidation sites excluding steroid dienone is 1. The van der Waals surface area contributed by atoms with Crippen molar-refractivity contribution in [1.29, 1.82) is 0 Å². The van der Waals surface area contributed by atoms with Gasteiger partial charge in [-0.05, 0) is 60.7 Å². The Kier molecular flexibility index (Phi) is 10.7. The van der Waals surface area contributed by atoms with E-state index in [0.29, 0.717) is 22.7 Å². The van der Waals surface area contributed by atoms with Crippen molar-refractivity contribution in [3.63, 3.8) is 0 Å². The molecule has 0 heterocycles. The highest BCUT2D eigenvalue weighted by molar-refractivity contribution is 6.77. The van der Waals surface area contributed by atoms with Crippen molar-refractivity contribution >= 4 is 8.32 Å². The zero-order valence-corrected chi connectivity index (χ0v) is 19.6. The second kappa shape index (κ2) is 11.6. The molecule has 1 fully saturated rings. The molecule has 1 aliphatic carbocycles. The Bertz CT molecular complexity index is 392. The molecule has 0 radical (unpaired) electrons. The highest BCUT2D eigenvalue weighted by Crippen LogP contribution is 2.45. The molecule has 0 spiro atoms. The minimum atomic E-state index is -1.81. The number of unbranched alkanes of at least 4 members (excludes halogenated alkanes) is 1. The molecular formula is C22H44O3Si. The summed E-state index contributed by atoms with van der Waals surface area (Å²) >= 11 is 0. The van der Waals surface area contributed by atoms with Crippen molar-refractivity contribution in [3.8, 4) is 0 Å².